The van der Waals surface area contributed by atoms with Gasteiger partial charge >= 0.3 is 5.97 Å². The van der Waals surface area contributed by atoms with Crippen LogP contribution in [-0.4, -0.2) is 79.6 Å². The fourth-order valence-corrected chi connectivity index (χ4v) is 4.51. The van der Waals surface area contributed by atoms with Crippen LogP contribution in [0.1, 0.15) is 24.2 Å². The summed E-state index contributed by atoms with van der Waals surface area (Å²) in [5, 5.41) is 4.20. The maximum Gasteiger partial charge on any atom is 0.337 e. The quantitative estimate of drug-likeness (QED) is 0.551. The van der Waals surface area contributed by atoms with Crippen molar-refractivity contribution >= 4 is 40.3 Å². The molecule has 1 aromatic carbocycles. The van der Waals surface area contributed by atoms with Crippen molar-refractivity contribution < 1.29 is 19.0 Å². The lowest BCUT2D eigenvalue weighted by Crippen LogP contribution is -2.46. The van der Waals surface area contributed by atoms with Crippen LogP contribution in [0.4, 0.5) is 23.3 Å². The van der Waals surface area contributed by atoms with Gasteiger partial charge in [-0.05, 0) is 50.2 Å². The molecule has 4 heterocycles. The van der Waals surface area contributed by atoms with E-state index < -0.39 is 0 Å². The van der Waals surface area contributed by atoms with Crippen LogP contribution >= 0.6 is 0 Å². The van der Waals surface area contributed by atoms with Gasteiger partial charge in [-0.2, -0.15) is 9.97 Å². The summed E-state index contributed by atoms with van der Waals surface area (Å²) in [5.74, 6) is 1.83. The first-order valence-corrected chi connectivity index (χ1v) is 11.9. The van der Waals surface area contributed by atoms with E-state index in [9.17, 15) is 4.79 Å². The van der Waals surface area contributed by atoms with Gasteiger partial charge in [0.15, 0.2) is 5.65 Å². The van der Waals surface area contributed by atoms with Crippen LogP contribution in [0.5, 0.6) is 0 Å². The molecule has 2 fully saturated rings. The van der Waals surface area contributed by atoms with E-state index in [1.54, 1.807) is 12.1 Å². The molecule has 2 aromatic heterocycles. The molecular weight excluding hydrogens is 448 g/mol. The number of methoxy groups -OCH3 is 1. The molecule has 2 aliphatic heterocycles. The molecule has 2 atom stereocenters. The van der Waals surface area contributed by atoms with Crippen molar-refractivity contribution in [2.75, 3.05) is 61.6 Å². The Morgan fingerprint density at radius 1 is 0.971 bits per heavy atom. The second kappa shape index (κ2) is 10.0. The molecule has 0 bridgehead atoms. The number of benzene rings is 1. The lowest BCUT2D eigenvalue weighted by Gasteiger charge is -2.36. The minimum absolute atomic E-state index is 0.0961. The van der Waals surface area contributed by atoms with Crippen molar-refractivity contribution in [1.82, 2.24) is 15.0 Å². The van der Waals surface area contributed by atoms with Gasteiger partial charge < -0.3 is 29.3 Å². The molecule has 0 amide bonds. The Morgan fingerprint density at radius 3 is 2.37 bits per heavy atom. The third-order valence-electron chi connectivity index (χ3n) is 6.12. The molecule has 0 saturated carbocycles. The standard InChI is InChI=1S/C25H30N6O4/c1-16-14-31(15-17(2)35-16)25-28-22-20(23(29-25)30-10-12-34-13-11-30)8-9-21(27-22)26-19-6-4-18(5-7-19)24(32)33-3/h4-9,16-17H,10-15H2,1-3H3,(H,26,27,28,29). The summed E-state index contributed by atoms with van der Waals surface area (Å²) in [6, 6.07) is 11.0. The first-order valence-electron chi connectivity index (χ1n) is 11.9. The van der Waals surface area contributed by atoms with Crippen LogP contribution in [0.15, 0.2) is 36.4 Å². The summed E-state index contributed by atoms with van der Waals surface area (Å²) in [6.07, 6.45) is 0.192. The van der Waals surface area contributed by atoms with E-state index >= 15 is 0 Å². The van der Waals surface area contributed by atoms with Crippen LogP contribution in [0.3, 0.4) is 0 Å². The number of fused-ring (bicyclic) bond motifs is 1. The van der Waals surface area contributed by atoms with Crippen molar-refractivity contribution in [3.05, 3.63) is 42.0 Å². The van der Waals surface area contributed by atoms with Gasteiger partial charge in [0.2, 0.25) is 5.95 Å². The SMILES string of the molecule is COC(=O)c1ccc(Nc2ccc3c(N4CCOCC4)nc(N4CC(C)OC(C)C4)nc3n2)cc1. The number of ether oxygens (including phenoxy) is 3. The normalized spacial score (nSPS) is 20.7. The highest BCUT2D eigenvalue weighted by atomic mass is 16.5. The molecule has 0 radical (unpaired) electrons. The zero-order valence-corrected chi connectivity index (χ0v) is 20.2. The number of carbonyl (C=O) groups is 1. The number of esters is 1. The first-order chi connectivity index (χ1) is 17.0. The van der Waals surface area contributed by atoms with Crippen molar-refractivity contribution in [1.29, 1.82) is 0 Å². The molecule has 2 saturated heterocycles. The van der Waals surface area contributed by atoms with E-state index in [0.717, 1.165) is 43.1 Å². The first kappa shape index (κ1) is 23.3. The van der Waals surface area contributed by atoms with E-state index in [1.807, 2.05) is 24.3 Å². The third kappa shape index (κ3) is 5.13. The number of hydrogen-bond acceptors (Lipinski definition) is 10. The topological polar surface area (TPSA) is 102 Å². The highest BCUT2D eigenvalue weighted by Gasteiger charge is 2.26. The highest BCUT2D eigenvalue weighted by Crippen LogP contribution is 2.29. The summed E-state index contributed by atoms with van der Waals surface area (Å²) in [4.78, 5) is 30.8. The molecule has 3 aromatic rings. The monoisotopic (exact) mass is 478 g/mol. The van der Waals surface area contributed by atoms with Crippen LogP contribution in [0.2, 0.25) is 0 Å². The van der Waals surface area contributed by atoms with E-state index in [1.165, 1.54) is 7.11 Å². The number of pyridine rings is 1. The summed E-state index contributed by atoms with van der Waals surface area (Å²) < 4.78 is 16.2. The van der Waals surface area contributed by atoms with Crippen molar-refractivity contribution in [2.24, 2.45) is 0 Å². The van der Waals surface area contributed by atoms with E-state index in [4.69, 9.17) is 29.2 Å². The van der Waals surface area contributed by atoms with Crippen molar-refractivity contribution in [3.8, 4) is 0 Å². The highest BCUT2D eigenvalue weighted by molar-refractivity contribution is 5.91. The minimum atomic E-state index is -0.369. The van der Waals surface area contributed by atoms with Gasteiger partial charge in [-0.25, -0.2) is 9.78 Å². The van der Waals surface area contributed by atoms with Gasteiger partial charge in [-0.1, -0.05) is 0 Å². The molecule has 1 N–H and O–H groups in total. The van der Waals surface area contributed by atoms with E-state index in [0.29, 0.717) is 36.2 Å². The van der Waals surface area contributed by atoms with Crippen LogP contribution in [-0.2, 0) is 14.2 Å². The largest absolute Gasteiger partial charge is 0.465 e. The van der Waals surface area contributed by atoms with Crippen LogP contribution < -0.4 is 15.1 Å². The second-order valence-electron chi connectivity index (χ2n) is 8.87. The fraction of sp³-hybridized carbons (Fsp3) is 0.440. The zero-order valence-electron chi connectivity index (χ0n) is 20.2. The fourth-order valence-electron chi connectivity index (χ4n) is 4.51. The lowest BCUT2D eigenvalue weighted by atomic mass is 10.2. The molecule has 10 nitrogen and oxygen atoms in total. The van der Waals surface area contributed by atoms with Gasteiger partial charge in [0.25, 0.3) is 0 Å². The Hall–Kier alpha value is -3.50. The van der Waals surface area contributed by atoms with E-state index in [-0.39, 0.29) is 18.2 Å². The van der Waals surface area contributed by atoms with Gasteiger partial charge in [0.05, 0.1) is 43.5 Å². The Labute approximate surface area is 204 Å². The van der Waals surface area contributed by atoms with Gasteiger partial charge in [-0.3, -0.25) is 0 Å². The zero-order chi connectivity index (χ0) is 24.4. The predicted octanol–water partition coefficient (Wildman–Crippen LogP) is 3.01. The smallest absolute Gasteiger partial charge is 0.337 e. The Morgan fingerprint density at radius 2 is 1.69 bits per heavy atom. The number of nitrogens with zero attached hydrogens (tertiary/aromatic N) is 5. The molecule has 5 rings (SSSR count). The summed E-state index contributed by atoms with van der Waals surface area (Å²) in [5.41, 5.74) is 1.92. The average Bonchev–Trinajstić information content (AvgIpc) is 2.88. The lowest BCUT2D eigenvalue weighted by molar-refractivity contribution is -0.00570. The number of aromatic nitrogens is 3. The Bertz CT molecular complexity index is 1190. The number of carbonyl (C=O) groups excluding carboxylic acids is 1. The second-order valence-corrected chi connectivity index (χ2v) is 8.87. The molecule has 10 heteroatoms. The molecule has 2 unspecified atom stereocenters. The summed E-state index contributed by atoms with van der Waals surface area (Å²) in [6.45, 7) is 8.46. The molecule has 184 valence electrons. The number of anilines is 4. The Balaban J connectivity index is 1.49. The van der Waals surface area contributed by atoms with Gasteiger partial charge in [0.1, 0.15) is 11.6 Å². The molecule has 35 heavy (non-hydrogen) atoms. The third-order valence-corrected chi connectivity index (χ3v) is 6.12. The number of rotatable bonds is 5. The van der Waals surface area contributed by atoms with Crippen LogP contribution in [0, 0.1) is 0 Å². The molecule has 0 aliphatic carbocycles. The molecule has 0 spiro atoms. The van der Waals surface area contributed by atoms with Gasteiger partial charge in [0, 0.05) is 31.9 Å². The maximum absolute atomic E-state index is 11.7. The van der Waals surface area contributed by atoms with Gasteiger partial charge in [-0.15, -0.1) is 0 Å². The van der Waals surface area contributed by atoms with Crippen molar-refractivity contribution in [3.63, 3.8) is 0 Å². The Kier molecular flexibility index (Phi) is 6.65. The summed E-state index contributed by atoms with van der Waals surface area (Å²) in [7, 11) is 1.37. The predicted molar refractivity (Wildman–Crippen MR) is 134 cm³/mol. The summed E-state index contributed by atoms with van der Waals surface area (Å²) >= 11 is 0. The van der Waals surface area contributed by atoms with Crippen molar-refractivity contribution in [2.45, 2.75) is 26.1 Å². The number of hydrogen-bond donors (Lipinski definition) is 1. The average molecular weight is 479 g/mol. The molecule has 2 aliphatic rings. The molecular formula is C25H30N6O4. The van der Waals surface area contributed by atoms with Crippen LogP contribution in [0.25, 0.3) is 11.0 Å². The van der Waals surface area contributed by atoms with E-state index in [2.05, 4.69) is 29.0 Å². The number of nitrogens with one attached hydrogen (secondary N) is 1. The minimum Gasteiger partial charge on any atom is -0.465 e. The number of morpholine rings is 2. The maximum atomic E-state index is 11.7.